The standard InChI is InChI=1S/C19H34N4O3S/c1-6-20-18(21-12-7-13-23-27(5,25)26)22-14-17(24)15-8-10-16(11-9-15)19(2,3)4/h8-11,17,23-24H,6-7,12-14H2,1-5H3,(H2,20,21,22). The molecule has 4 N–H and O–H groups in total. The second kappa shape index (κ2) is 10.6. The molecule has 1 aromatic carbocycles. The van der Waals surface area contributed by atoms with E-state index in [4.69, 9.17) is 0 Å². The monoisotopic (exact) mass is 398 g/mol. The average molecular weight is 399 g/mol. The Labute approximate surface area is 163 Å². The van der Waals surface area contributed by atoms with E-state index in [1.54, 1.807) is 0 Å². The quantitative estimate of drug-likeness (QED) is 0.287. The number of nitrogens with one attached hydrogen (secondary N) is 3. The van der Waals surface area contributed by atoms with Crippen LogP contribution in [0.1, 0.15) is 51.3 Å². The van der Waals surface area contributed by atoms with E-state index in [1.165, 1.54) is 5.56 Å². The molecule has 7 nitrogen and oxygen atoms in total. The van der Waals surface area contributed by atoms with Gasteiger partial charge >= 0.3 is 0 Å². The summed E-state index contributed by atoms with van der Waals surface area (Å²) in [6, 6.07) is 7.97. The van der Waals surface area contributed by atoms with Crippen molar-refractivity contribution in [1.29, 1.82) is 0 Å². The van der Waals surface area contributed by atoms with Crippen LogP contribution in [-0.2, 0) is 15.4 Å². The highest BCUT2D eigenvalue weighted by Crippen LogP contribution is 2.24. The topological polar surface area (TPSA) is 103 Å². The van der Waals surface area contributed by atoms with Gasteiger partial charge in [0.1, 0.15) is 0 Å². The van der Waals surface area contributed by atoms with Gasteiger partial charge < -0.3 is 15.7 Å². The number of nitrogens with zero attached hydrogens (tertiary/aromatic N) is 1. The number of benzene rings is 1. The van der Waals surface area contributed by atoms with Gasteiger partial charge in [0, 0.05) is 19.6 Å². The predicted octanol–water partition coefficient (Wildman–Crippen LogP) is 1.51. The molecular formula is C19H34N4O3S. The summed E-state index contributed by atoms with van der Waals surface area (Å²) >= 11 is 0. The first-order chi connectivity index (χ1) is 12.5. The molecule has 0 aliphatic carbocycles. The largest absolute Gasteiger partial charge is 0.386 e. The zero-order valence-electron chi connectivity index (χ0n) is 17.0. The zero-order valence-corrected chi connectivity index (χ0v) is 17.9. The lowest BCUT2D eigenvalue weighted by atomic mass is 9.86. The van der Waals surface area contributed by atoms with Crippen LogP contribution in [0, 0.1) is 0 Å². The number of sulfonamides is 1. The predicted molar refractivity (Wildman–Crippen MR) is 112 cm³/mol. The minimum atomic E-state index is -3.16. The highest BCUT2D eigenvalue weighted by atomic mass is 32.2. The number of aliphatic hydroxyl groups excluding tert-OH is 1. The molecule has 1 atom stereocenters. The molecule has 1 unspecified atom stereocenters. The Balaban J connectivity index is 2.55. The van der Waals surface area contributed by atoms with Crippen molar-refractivity contribution >= 4 is 16.0 Å². The van der Waals surface area contributed by atoms with Crippen LogP contribution in [0.25, 0.3) is 0 Å². The summed E-state index contributed by atoms with van der Waals surface area (Å²) in [6.07, 6.45) is 1.09. The summed E-state index contributed by atoms with van der Waals surface area (Å²) in [5.41, 5.74) is 2.13. The Morgan fingerprint density at radius 2 is 1.78 bits per heavy atom. The highest BCUT2D eigenvalue weighted by Gasteiger charge is 2.14. The van der Waals surface area contributed by atoms with Crippen molar-refractivity contribution in [2.45, 2.75) is 45.6 Å². The molecule has 0 radical (unpaired) electrons. The van der Waals surface area contributed by atoms with E-state index in [2.05, 4.69) is 41.1 Å². The summed E-state index contributed by atoms with van der Waals surface area (Å²) in [5.74, 6) is 0.599. The maximum Gasteiger partial charge on any atom is 0.208 e. The molecule has 0 aliphatic rings. The molecule has 0 fully saturated rings. The highest BCUT2D eigenvalue weighted by molar-refractivity contribution is 7.88. The van der Waals surface area contributed by atoms with Crippen molar-refractivity contribution in [1.82, 2.24) is 15.4 Å². The fourth-order valence-electron chi connectivity index (χ4n) is 2.38. The molecule has 1 rings (SSSR count). The van der Waals surface area contributed by atoms with Gasteiger partial charge in [-0.1, -0.05) is 45.0 Å². The van der Waals surface area contributed by atoms with Gasteiger partial charge in [-0.25, -0.2) is 13.1 Å². The van der Waals surface area contributed by atoms with Crippen molar-refractivity contribution in [2.24, 2.45) is 4.99 Å². The molecule has 27 heavy (non-hydrogen) atoms. The molecule has 0 amide bonds. The first kappa shape index (κ1) is 23.4. The minimum absolute atomic E-state index is 0.0791. The van der Waals surface area contributed by atoms with Crippen molar-refractivity contribution in [3.8, 4) is 0 Å². The molecule has 0 saturated carbocycles. The normalized spacial score (nSPS) is 14.1. The summed E-state index contributed by atoms with van der Waals surface area (Å²) in [5, 5.41) is 16.6. The van der Waals surface area contributed by atoms with Crippen molar-refractivity contribution < 1.29 is 13.5 Å². The summed E-state index contributed by atoms with van der Waals surface area (Å²) in [7, 11) is -3.16. The number of aliphatic hydroxyl groups is 1. The molecule has 0 aliphatic heterocycles. The number of hydrogen-bond donors (Lipinski definition) is 4. The number of aliphatic imine (C=N–C) groups is 1. The van der Waals surface area contributed by atoms with Gasteiger partial charge in [-0.2, -0.15) is 0 Å². The zero-order chi connectivity index (χ0) is 20.5. The maximum absolute atomic E-state index is 11.0. The second-order valence-corrected chi connectivity index (χ2v) is 9.39. The van der Waals surface area contributed by atoms with E-state index < -0.39 is 16.1 Å². The van der Waals surface area contributed by atoms with Crippen molar-refractivity contribution in [3.63, 3.8) is 0 Å². The second-order valence-electron chi connectivity index (χ2n) is 7.55. The third kappa shape index (κ3) is 9.74. The average Bonchev–Trinajstić information content (AvgIpc) is 2.57. The third-order valence-electron chi connectivity index (χ3n) is 3.94. The van der Waals surface area contributed by atoms with Crippen LogP contribution in [0.2, 0.25) is 0 Å². The Morgan fingerprint density at radius 1 is 1.15 bits per heavy atom. The molecule has 8 heteroatoms. The van der Waals surface area contributed by atoms with Gasteiger partial charge in [0.05, 0.1) is 18.9 Å². The Bertz CT molecular complexity index is 695. The van der Waals surface area contributed by atoms with E-state index in [-0.39, 0.29) is 12.0 Å². The molecule has 1 aromatic rings. The lowest BCUT2D eigenvalue weighted by Crippen LogP contribution is -2.39. The van der Waals surface area contributed by atoms with Crippen LogP contribution in [0.3, 0.4) is 0 Å². The van der Waals surface area contributed by atoms with Gasteiger partial charge in [0.25, 0.3) is 0 Å². The molecule has 0 spiro atoms. The molecule has 154 valence electrons. The summed E-state index contributed by atoms with van der Waals surface area (Å²) in [6.45, 7) is 10.3. The number of guanidine groups is 1. The van der Waals surface area contributed by atoms with E-state index >= 15 is 0 Å². The lowest BCUT2D eigenvalue weighted by molar-refractivity contribution is 0.187. The number of rotatable bonds is 9. The van der Waals surface area contributed by atoms with Crippen LogP contribution >= 0.6 is 0 Å². The van der Waals surface area contributed by atoms with Crippen LogP contribution in [0.5, 0.6) is 0 Å². The summed E-state index contributed by atoms with van der Waals surface area (Å²) in [4.78, 5) is 4.41. The van der Waals surface area contributed by atoms with E-state index in [0.717, 1.165) is 11.8 Å². The molecule has 0 bridgehead atoms. The van der Waals surface area contributed by atoms with Crippen LogP contribution in [0.15, 0.2) is 29.3 Å². The van der Waals surface area contributed by atoms with E-state index in [9.17, 15) is 13.5 Å². The first-order valence-corrected chi connectivity index (χ1v) is 11.2. The number of hydrogen-bond acceptors (Lipinski definition) is 4. The first-order valence-electron chi connectivity index (χ1n) is 9.28. The van der Waals surface area contributed by atoms with Crippen LogP contribution in [-0.4, -0.2) is 51.9 Å². The summed E-state index contributed by atoms with van der Waals surface area (Å²) < 4.78 is 24.5. The van der Waals surface area contributed by atoms with Gasteiger partial charge in [0.15, 0.2) is 5.96 Å². The van der Waals surface area contributed by atoms with Crippen LogP contribution < -0.4 is 15.4 Å². The van der Waals surface area contributed by atoms with Crippen molar-refractivity contribution in [3.05, 3.63) is 35.4 Å². The molecule has 0 saturated heterocycles. The Morgan fingerprint density at radius 3 is 2.30 bits per heavy atom. The van der Waals surface area contributed by atoms with Gasteiger partial charge in [-0.15, -0.1) is 0 Å². The smallest absolute Gasteiger partial charge is 0.208 e. The van der Waals surface area contributed by atoms with Crippen molar-refractivity contribution in [2.75, 3.05) is 32.4 Å². The van der Waals surface area contributed by atoms with E-state index in [0.29, 0.717) is 32.0 Å². The third-order valence-corrected chi connectivity index (χ3v) is 4.67. The maximum atomic E-state index is 11.0. The molecule has 0 aromatic heterocycles. The Kier molecular flexibility index (Phi) is 9.21. The van der Waals surface area contributed by atoms with Gasteiger partial charge in [0.2, 0.25) is 10.0 Å². The van der Waals surface area contributed by atoms with Gasteiger partial charge in [-0.05, 0) is 29.9 Å². The fourth-order valence-corrected chi connectivity index (χ4v) is 2.90. The minimum Gasteiger partial charge on any atom is -0.386 e. The Hall–Kier alpha value is -1.64. The fraction of sp³-hybridized carbons (Fsp3) is 0.632. The molecule has 0 heterocycles. The lowest BCUT2D eigenvalue weighted by Gasteiger charge is -2.20. The SMILES string of the molecule is CCNC(=NCC(O)c1ccc(C(C)(C)C)cc1)NCCCNS(C)(=O)=O. The van der Waals surface area contributed by atoms with E-state index in [1.807, 2.05) is 31.2 Å². The van der Waals surface area contributed by atoms with Gasteiger partial charge in [-0.3, -0.25) is 4.99 Å². The molecular weight excluding hydrogens is 364 g/mol. The van der Waals surface area contributed by atoms with Crippen LogP contribution in [0.4, 0.5) is 0 Å².